The Morgan fingerprint density at radius 1 is 1.23 bits per heavy atom. The third-order valence-electron chi connectivity index (χ3n) is 3.14. The van der Waals surface area contributed by atoms with Crippen LogP contribution in [0.1, 0.15) is 27.7 Å². The van der Waals surface area contributed by atoms with Crippen LogP contribution in [0.5, 0.6) is 0 Å². The van der Waals surface area contributed by atoms with Crippen LogP contribution in [0.3, 0.4) is 0 Å². The maximum atomic E-state index is 9.65. The van der Waals surface area contributed by atoms with Crippen LogP contribution < -0.4 is 0 Å². The van der Waals surface area contributed by atoms with E-state index in [1.807, 2.05) is 0 Å². The van der Waals surface area contributed by atoms with Gasteiger partial charge in [0.05, 0.1) is 6.10 Å². The largest absolute Gasteiger partial charge is 0.392 e. The molecule has 1 unspecified atom stereocenters. The second-order valence-electron chi connectivity index (χ2n) is 5.03. The van der Waals surface area contributed by atoms with Crippen LogP contribution in [0.4, 0.5) is 0 Å². The summed E-state index contributed by atoms with van der Waals surface area (Å²) in [4.78, 5) is 2.36. The first-order chi connectivity index (χ1) is 6.00. The second kappa shape index (κ2) is 4.43. The van der Waals surface area contributed by atoms with Gasteiger partial charge in [-0.15, -0.1) is 0 Å². The fourth-order valence-corrected chi connectivity index (χ4v) is 1.66. The predicted molar refractivity (Wildman–Crippen MR) is 55.6 cm³/mol. The summed E-state index contributed by atoms with van der Waals surface area (Å²) in [6.45, 7) is 11.9. The van der Waals surface area contributed by atoms with E-state index >= 15 is 0 Å². The van der Waals surface area contributed by atoms with Gasteiger partial charge in [0.15, 0.2) is 0 Å². The normalized spacial score (nSPS) is 22.4. The highest BCUT2D eigenvalue weighted by atomic mass is 16.3. The molecule has 1 saturated heterocycles. The molecule has 1 fully saturated rings. The van der Waals surface area contributed by atoms with Gasteiger partial charge < -0.3 is 10.0 Å². The molecule has 1 aliphatic rings. The highest BCUT2D eigenvalue weighted by Crippen LogP contribution is 2.23. The molecular formula is C11H23NO. The lowest BCUT2D eigenvalue weighted by Gasteiger charge is -2.43. The van der Waals surface area contributed by atoms with E-state index in [9.17, 15) is 5.11 Å². The average Bonchev–Trinajstić information content (AvgIpc) is 1.94. The summed E-state index contributed by atoms with van der Waals surface area (Å²) in [5, 5.41) is 9.65. The van der Waals surface area contributed by atoms with Crippen LogP contribution in [0.25, 0.3) is 0 Å². The molecular weight excluding hydrogens is 162 g/mol. The monoisotopic (exact) mass is 185 g/mol. The zero-order chi connectivity index (χ0) is 10.0. The zero-order valence-electron chi connectivity index (χ0n) is 9.33. The molecule has 0 bridgehead atoms. The van der Waals surface area contributed by atoms with Gasteiger partial charge in [-0.2, -0.15) is 0 Å². The number of hydrogen-bond acceptors (Lipinski definition) is 2. The topological polar surface area (TPSA) is 23.5 Å². The lowest BCUT2D eigenvalue weighted by Crippen LogP contribution is -2.52. The van der Waals surface area contributed by atoms with Crippen molar-refractivity contribution in [1.29, 1.82) is 0 Å². The molecule has 0 aliphatic carbocycles. The summed E-state index contributed by atoms with van der Waals surface area (Å²) in [6, 6.07) is 0. The minimum Gasteiger partial charge on any atom is -0.392 e. The van der Waals surface area contributed by atoms with E-state index in [1.165, 1.54) is 13.1 Å². The molecule has 1 rings (SSSR count). The second-order valence-corrected chi connectivity index (χ2v) is 5.03. The van der Waals surface area contributed by atoms with E-state index in [0.717, 1.165) is 18.4 Å². The molecule has 1 aliphatic heterocycles. The quantitative estimate of drug-likeness (QED) is 0.719. The molecule has 78 valence electrons. The minimum absolute atomic E-state index is 0.145. The number of hydrogen-bond donors (Lipinski definition) is 1. The Balaban J connectivity index is 2.14. The van der Waals surface area contributed by atoms with Crippen molar-refractivity contribution in [3.8, 4) is 0 Å². The number of aliphatic hydroxyl groups is 1. The lowest BCUT2D eigenvalue weighted by atomic mass is 9.88. The molecule has 0 amide bonds. The van der Waals surface area contributed by atoms with Gasteiger partial charge in [0.25, 0.3) is 0 Å². The Hall–Kier alpha value is -0.0800. The van der Waals surface area contributed by atoms with Crippen molar-refractivity contribution in [2.45, 2.75) is 33.8 Å². The first-order valence-electron chi connectivity index (χ1n) is 5.41. The maximum absolute atomic E-state index is 9.65. The maximum Gasteiger partial charge on any atom is 0.0689 e. The molecule has 0 aromatic rings. The van der Waals surface area contributed by atoms with Crippen LogP contribution >= 0.6 is 0 Å². The summed E-state index contributed by atoms with van der Waals surface area (Å²) in [7, 11) is 0. The van der Waals surface area contributed by atoms with E-state index in [2.05, 4.69) is 32.6 Å². The van der Waals surface area contributed by atoms with Crippen molar-refractivity contribution in [3.05, 3.63) is 0 Å². The number of rotatable bonds is 4. The minimum atomic E-state index is -0.145. The van der Waals surface area contributed by atoms with Gasteiger partial charge in [-0.05, 0) is 17.8 Å². The zero-order valence-corrected chi connectivity index (χ0v) is 9.33. The van der Waals surface area contributed by atoms with Crippen molar-refractivity contribution in [2.24, 2.45) is 17.8 Å². The molecule has 1 N–H and O–H groups in total. The highest BCUT2D eigenvalue weighted by molar-refractivity contribution is 4.83. The Bertz CT molecular complexity index is 150. The molecule has 0 aromatic heterocycles. The molecule has 0 spiro atoms. The molecule has 13 heavy (non-hydrogen) atoms. The standard InChI is InChI=1S/C11H23NO/c1-8(2)10-5-12(6-10)7-11(13)9(3)4/h8-11,13H,5-7H2,1-4H3. The number of nitrogens with zero attached hydrogens (tertiary/aromatic N) is 1. The smallest absolute Gasteiger partial charge is 0.0689 e. The van der Waals surface area contributed by atoms with E-state index in [4.69, 9.17) is 0 Å². The van der Waals surface area contributed by atoms with Crippen LogP contribution in [0, 0.1) is 17.8 Å². The fraction of sp³-hybridized carbons (Fsp3) is 1.00. The molecule has 0 radical (unpaired) electrons. The third-order valence-corrected chi connectivity index (χ3v) is 3.14. The van der Waals surface area contributed by atoms with Crippen LogP contribution in [0.2, 0.25) is 0 Å². The Labute approximate surface area is 81.9 Å². The molecule has 2 nitrogen and oxygen atoms in total. The number of β-amino-alcohol motifs (C(OH)–C–C–N with tert-alkyl or cyclic N) is 1. The van der Waals surface area contributed by atoms with E-state index in [0.29, 0.717) is 5.92 Å². The molecule has 1 atom stereocenters. The van der Waals surface area contributed by atoms with Gasteiger partial charge >= 0.3 is 0 Å². The van der Waals surface area contributed by atoms with E-state index in [-0.39, 0.29) is 6.10 Å². The number of likely N-dealkylation sites (tertiary alicyclic amines) is 1. The van der Waals surface area contributed by atoms with Crippen molar-refractivity contribution in [2.75, 3.05) is 19.6 Å². The third kappa shape index (κ3) is 2.96. The fourth-order valence-electron chi connectivity index (χ4n) is 1.66. The lowest BCUT2D eigenvalue weighted by molar-refractivity contribution is 0.00685. The molecule has 0 saturated carbocycles. The molecule has 0 aromatic carbocycles. The van der Waals surface area contributed by atoms with Gasteiger partial charge in [0, 0.05) is 19.6 Å². The first-order valence-corrected chi connectivity index (χ1v) is 5.41. The Kier molecular flexibility index (Phi) is 3.74. The van der Waals surface area contributed by atoms with Gasteiger partial charge in [0.1, 0.15) is 0 Å². The van der Waals surface area contributed by atoms with Gasteiger partial charge in [0.2, 0.25) is 0 Å². The van der Waals surface area contributed by atoms with Crippen LogP contribution in [-0.4, -0.2) is 35.7 Å². The van der Waals surface area contributed by atoms with Crippen molar-refractivity contribution in [3.63, 3.8) is 0 Å². The van der Waals surface area contributed by atoms with Crippen LogP contribution in [0.15, 0.2) is 0 Å². The molecule has 1 heterocycles. The van der Waals surface area contributed by atoms with Crippen LogP contribution in [-0.2, 0) is 0 Å². The Morgan fingerprint density at radius 2 is 1.77 bits per heavy atom. The first kappa shape index (κ1) is 11.0. The van der Waals surface area contributed by atoms with E-state index < -0.39 is 0 Å². The SMILES string of the molecule is CC(C)C(O)CN1CC(C(C)C)C1. The number of aliphatic hydroxyl groups excluding tert-OH is 1. The molecule has 2 heteroatoms. The highest BCUT2D eigenvalue weighted by Gasteiger charge is 2.30. The average molecular weight is 185 g/mol. The summed E-state index contributed by atoms with van der Waals surface area (Å²) in [5.74, 6) is 2.05. The predicted octanol–water partition coefficient (Wildman–Crippen LogP) is 1.59. The van der Waals surface area contributed by atoms with Crippen molar-refractivity contribution in [1.82, 2.24) is 4.90 Å². The Morgan fingerprint density at radius 3 is 2.15 bits per heavy atom. The summed E-state index contributed by atoms with van der Waals surface area (Å²) in [5.41, 5.74) is 0. The van der Waals surface area contributed by atoms with Gasteiger partial charge in [-0.25, -0.2) is 0 Å². The van der Waals surface area contributed by atoms with E-state index in [1.54, 1.807) is 0 Å². The summed E-state index contributed by atoms with van der Waals surface area (Å²) < 4.78 is 0. The van der Waals surface area contributed by atoms with Gasteiger partial charge in [-0.1, -0.05) is 27.7 Å². The van der Waals surface area contributed by atoms with Gasteiger partial charge in [-0.3, -0.25) is 0 Å². The summed E-state index contributed by atoms with van der Waals surface area (Å²) >= 11 is 0. The summed E-state index contributed by atoms with van der Waals surface area (Å²) in [6.07, 6.45) is -0.145. The van der Waals surface area contributed by atoms with Crippen molar-refractivity contribution >= 4 is 0 Å². The van der Waals surface area contributed by atoms with Crippen molar-refractivity contribution < 1.29 is 5.11 Å².